The van der Waals surface area contributed by atoms with Crippen LogP contribution < -0.4 is 5.32 Å². The minimum absolute atomic E-state index is 0.00202. The molecule has 2 aromatic heterocycles. The Balaban J connectivity index is 1.75. The molecule has 3 unspecified atom stereocenters. The number of nitrogens with zero attached hydrogens (tertiary/aromatic N) is 4. The van der Waals surface area contributed by atoms with E-state index in [2.05, 4.69) is 15.4 Å². The van der Waals surface area contributed by atoms with Gasteiger partial charge in [-0.15, -0.1) is 0 Å². The van der Waals surface area contributed by atoms with E-state index in [4.69, 9.17) is 0 Å². The van der Waals surface area contributed by atoms with Gasteiger partial charge in [0.05, 0.1) is 23.1 Å². The fourth-order valence-electron chi connectivity index (χ4n) is 2.58. The number of aliphatic hydroxyl groups is 1. The summed E-state index contributed by atoms with van der Waals surface area (Å²) in [6, 6.07) is 3.28. The minimum atomic E-state index is -0.457. The van der Waals surface area contributed by atoms with Crippen LogP contribution in [0.4, 0.5) is 11.5 Å². The average molecular weight is 289 g/mol. The second-order valence-electron chi connectivity index (χ2n) is 5.14. The molecule has 2 N–H and O–H groups in total. The van der Waals surface area contributed by atoms with Crippen molar-refractivity contribution in [3.8, 4) is 0 Å². The zero-order valence-corrected chi connectivity index (χ0v) is 11.4. The third-order valence-corrected chi connectivity index (χ3v) is 3.75. The van der Waals surface area contributed by atoms with Crippen LogP contribution in [0.15, 0.2) is 30.7 Å². The molecule has 0 aromatic carbocycles. The molecule has 1 aliphatic carbocycles. The topological polar surface area (TPSA) is 106 Å². The molecule has 1 saturated carbocycles. The monoisotopic (exact) mass is 289 g/mol. The highest BCUT2D eigenvalue weighted by atomic mass is 16.6. The first-order valence-corrected chi connectivity index (χ1v) is 6.61. The van der Waals surface area contributed by atoms with Gasteiger partial charge in [0.1, 0.15) is 12.0 Å². The molecule has 0 bridgehead atoms. The molecule has 0 saturated heterocycles. The second-order valence-corrected chi connectivity index (χ2v) is 5.14. The standard InChI is InChI=1S/C13H15N5O3/c1-8-5-12(14-7-10(8)18(20)21)16-9-6-11(19)13(9)17-4-2-3-15-17/h2-5,7,9,11,13,19H,6H2,1H3,(H,14,16). The first-order valence-electron chi connectivity index (χ1n) is 6.61. The first kappa shape index (κ1) is 13.5. The van der Waals surface area contributed by atoms with E-state index in [0.717, 1.165) is 0 Å². The first-order chi connectivity index (χ1) is 10.1. The van der Waals surface area contributed by atoms with Gasteiger partial charge >= 0.3 is 0 Å². The Morgan fingerprint density at radius 1 is 1.57 bits per heavy atom. The number of aromatic nitrogens is 3. The molecule has 1 aliphatic rings. The van der Waals surface area contributed by atoms with Crippen molar-refractivity contribution in [2.45, 2.75) is 31.5 Å². The molecule has 0 aliphatic heterocycles. The van der Waals surface area contributed by atoms with E-state index in [1.807, 2.05) is 0 Å². The predicted octanol–water partition coefficient (Wildman–Crippen LogP) is 1.28. The molecule has 3 atom stereocenters. The summed E-state index contributed by atoms with van der Waals surface area (Å²) in [6.45, 7) is 1.67. The largest absolute Gasteiger partial charge is 0.391 e. The van der Waals surface area contributed by atoms with Crippen LogP contribution in [0.3, 0.4) is 0 Å². The average Bonchev–Trinajstić information content (AvgIpc) is 2.91. The number of hydrogen-bond donors (Lipinski definition) is 2. The number of nitrogens with one attached hydrogen (secondary N) is 1. The summed E-state index contributed by atoms with van der Waals surface area (Å²) in [4.78, 5) is 14.4. The molecule has 8 nitrogen and oxygen atoms in total. The van der Waals surface area contributed by atoms with Gasteiger partial charge in [0.25, 0.3) is 5.69 Å². The summed E-state index contributed by atoms with van der Waals surface area (Å²) < 4.78 is 1.71. The van der Waals surface area contributed by atoms with Gasteiger partial charge in [-0.05, 0) is 25.5 Å². The van der Waals surface area contributed by atoms with E-state index in [-0.39, 0.29) is 17.8 Å². The highest BCUT2D eigenvalue weighted by molar-refractivity contribution is 5.47. The number of pyridine rings is 1. The van der Waals surface area contributed by atoms with Crippen LogP contribution >= 0.6 is 0 Å². The van der Waals surface area contributed by atoms with Gasteiger partial charge in [-0.3, -0.25) is 14.8 Å². The van der Waals surface area contributed by atoms with Crippen LogP contribution in [0.1, 0.15) is 18.0 Å². The van der Waals surface area contributed by atoms with Crippen molar-refractivity contribution in [3.63, 3.8) is 0 Å². The molecule has 0 radical (unpaired) electrons. The number of hydrogen-bond acceptors (Lipinski definition) is 6. The van der Waals surface area contributed by atoms with E-state index in [1.165, 1.54) is 6.20 Å². The lowest BCUT2D eigenvalue weighted by molar-refractivity contribution is -0.385. The van der Waals surface area contributed by atoms with Crippen LogP contribution in [0, 0.1) is 17.0 Å². The summed E-state index contributed by atoms with van der Waals surface area (Å²) in [5.41, 5.74) is 0.547. The van der Waals surface area contributed by atoms with Crippen molar-refractivity contribution in [2.75, 3.05) is 5.32 Å². The fraction of sp³-hybridized carbons (Fsp3) is 0.385. The van der Waals surface area contributed by atoms with Gasteiger partial charge < -0.3 is 10.4 Å². The maximum absolute atomic E-state index is 10.8. The molecule has 110 valence electrons. The highest BCUT2D eigenvalue weighted by Crippen LogP contribution is 2.34. The Morgan fingerprint density at radius 3 is 2.95 bits per heavy atom. The van der Waals surface area contributed by atoms with Crippen molar-refractivity contribution in [2.24, 2.45) is 0 Å². The smallest absolute Gasteiger partial charge is 0.290 e. The van der Waals surface area contributed by atoms with Crippen molar-refractivity contribution in [1.29, 1.82) is 0 Å². The summed E-state index contributed by atoms with van der Waals surface area (Å²) in [5, 5.41) is 28.0. The Bertz CT molecular complexity index is 658. The van der Waals surface area contributed by atoms with E-state index in [9.17, 15) is 15.2 Å². The Kier molecular flexibility index (Phi) is 3.30. The Hall–Kier alpha value is -2.48. The molecule has 2 heterocycles. The molecule has 1 fully saturated rings. The van der Waals surface area contributed by atoms with Crippen LogP contribution in [0.25, 0.3) is 0 Å². The van der Waals surface area contributed by atoms with E-state index < -0.39 is 11.0 Å². The van der Waals surface area contributed by atoms with Crippen molar-refractivity contribution >= 4 is 11.5 Å². The summed E-state index contributed by atoms with van der Waals surface area (Å²) >= 11 is 0. The van der Waals surface area contributed by atoms with Crippen LogP contribution in [-0.2, 0) is 0 Å². The van der Waals surface area contributed by atoms with Gasteiger partial charge in [-0.1, -0.05) is 0 Å². The second kappa shape index (κ2) is 5.13. The lowest BCUT2D eigenvalue weighted by Crippen LogP contribution is -2.51. The molecular weight excluding hydrogens is 274 g/mol. The fourth-order valence-corrected chi connectivity index (χ4v) is 2.58. The molecule has 3 rings (SSSR count). The lowest BCUT2D eigenvalue weighted by Gasteiger charge is -2.42. The van der Waals surface area contributed by atoms with Gasteiger partial charge in [0.2, 0.25) is 0 Å². The van der Waals surface area contributed by atoms with Crippen molar-refractivity contribution in [3.05, 3.63) is 46.4 Å². The maximum Gasteiger partial charge on any atom is 0.290 e. The quantitative estimate of drug-likeness (QED) is 0.648. The van der Waals surface area contributed by atoms with Gasteiger partial charge in [0.15, 0.2) is 0 Å². The minimum Gasteiger partial charge on any atom is -0.391 e. The van der Waals surface area contributed by atoms with Crippen LogP contribution in [0.2, 0.25) is 0 Å². The summed E-state index contributed by atoms with van der Waals surface area (Å²) in [7, 11) is 0. The molecule has 2 aromatic rings. The van der Waals surface area contributed by atoms with Gasteiger partial charge in [-0.2, -0.15) is 5.10 Å². The Labute approximate surface area is 120 Å². The van der Waals surface area contributed by atoms with E-state index in [0.29, 0.717) is 17.8 Å². The molecule has 0 amide bonds. The van der Waals surface area contributed by atoms with E-state index >= 15 is 0 Å². The lowest BCUT2D eigenvalue weighted by atomic mass is 9.83. The zero-order chi connectivity index (χ0) is 15.0. The third kappa shape index (κ3) is 2.45. The van der Waals surface area contributed by atoms with Gasteiger partial charge in [0, 0.05) is 18.0 Å². The van der Waals surface area contributed by atoms with E-state index in [1.54, 1.807) is 36.1 Å². The maximum atomic E-state index is 10.8. The van der Waals surface area contributed by atoms with Crippen molar-refractivity contribution < 1.29 is 10.0 Å². The highest BCUT2D eigenvalue weighted by Gasteiger charge is 2.42. The number of nitro groups is 1. The van der Waals surface area contributed by atoms with Gasteiger partial charge in [-0.25, -0.2) is 4.98 Å². The predicted molar refractivity (Wildman–Crippen MR) is 74.9 cm³/mol. The number of anilines is 1. The molecule has 21 heavy (non-hydrogen) atoms. The number of aryl methyl sites for hydroxylation is 1. The molecular formula is C13H15N5O3. The Morgan fingerprint density at radius 2 is 2.38 bits per heavy atom. The zero-order valence-electron chi connectivity index (χ0n) is 11.4. The van der Waals surface area contributed by atoms with Crippen LogP contribution in [-0.4, -0.2) is 36.9 Å². The molecule has 8 heteroatoms. The normalized spacial score (nSPS) is 24.4. The SMILES string of the molecule is Cc1cc(NC2CC(O)C2n2cccn2)ncc1[N+](=O)[O-]. The molecule has 0 spiro atoms. The number of aliphatic hydroxyl groups excluding tert-OH is 1. The number of rotatable bonds is 4. The third-order valence-electron chi connectivity index (χ3n) is 3.75. The summed E-state index contributed by atoms with van der Waals surface area (Å²) in [5.74, 6) is 0.562. The van der Waals surface area contributed by atoms with Crippen LogP contribution in [0.5, 0.6) is 0 Å². The van der Waals surface area contributed by atoms with Crippen molar-refractivity contribution in [1.82, 2.24) is 14.8 Å². The summed E-state index contributed by atoms with van der Waals surface area (Å²) in [6.07, 6.45) is 4.84.